The molecule has 0 atom stereocenters. The monoisotopic (exact) mass is 380 g/mol. The molecule has 1 fully saturated rings. The van der Waals surface area contributed by atoms with E-state index in [2.05, 4.69) is 21.2 Å². The molecule has 0 aromatic heterocycles. The predicted molar refractivity (Wildman–Crippen MR) is 80.2 cm³/mol. The second kappa shape index (κ2) is 6.01. The topological polar surface area (TPSA) is 89.3 Å². The van der Waals surface area contributed by atoms with Crippen molar-refractivity contribution in [3.05, 3.63) is 27.2 Å². The summed E-state index contributed by atoms with van der Waals surface area (Å²) in [4.78, 5) is 11.8. The van der Waals surface area contributed by atoms with E-state index in [1.807, 2.05) is 0 Å². The minimum atomic E-state index is -3.95. The first kappa shape index (κ1) is 15.8. The Labute approximate surface area is 131 Å². The van der Waals surface area contributed by atoms with Crippen molar-refractivity contribution in [3.8, 4) is 0 Å². The molecule has 8 heteroatoms. The van der Waals surface area contributed by atoms with Gasteiger partial charge in [0.25, 0.3) is 5.91 Å². The van der Waals surface area contributed by atoms with E-state index < -0.39 is 10.0 Å². The van der Waals surface area contributed by atoms with Crippen LogP contribution in [0.2, 0.25) is 5.02 Å². The van der Waals surface area contributed by atoms with Gasteiger partial charge in [0.2, 0.25) is 10.0 Å². The first-order chi connectivity index (χ1) is 9.29. The molecule has 0 saturated heterocycles. The number of sulfonamides is 1. The molecular formula is C12H14BrClN2O3S. The average molecular weight is 382 g/mol. The molecule has 1 amide bonds. The van der Waals surface area contributed by atoms with E-state index in [1.165, 1.54) is 25.0 Å². The Kier molecular flexibility index (Phi) is 4.73. The number of hydrogen-bond acceptors (Lipinski definition) is 3. The van der Waals surface area contributed by atoms with Crippen molar-refractivity contribution in [1.82, 2.24) is 5.32 Å². The van der Waals surface area contributed by atoms with Gasteiger partial charge in [-0.15, -0.1) is 0 Å². The Morgan fingerprint density at radius 2 is 2.10 bits per heavy atom. The molecule has 1 aliphatic carbocycles. The van der Waals surface area contributed by atoms with Crippen LogP contribution < -0.4 is 10.5 Å². The van der Waals surface area contributed by atoms with Crippen LogP contribution in [0.15, 0.2) is 21.5 Å². The van der Waals surface area contributed by atoms with E-state index in [0.29, 0.717) is 12.5 Å². The Morgan fingerprint density at radius 1 is 1.45 bits per heavy atom. The zero-order chi connectivity index (χ0) is 14.9. The van der Waals surface area contributed by atoms with Gasteiger partial charge in [-0.25, -0.2) is 13.6 Å². The maximum atomic E-state index is 12.0. The van der Waals surface area contributed by atoms with Crippen LogP contribution in [0.1, 0.15) is 29.6 Å². The highest BCUT2D eigenvalue weighted by Gasteiger charge is 2.22. The molecule has 0 spiro atoms. The van der Waals surface area contributed by atoms with Crippen LogP contribution >= 0.6 is 27.5 Å². The zero-order valence-corrected chi connectivity index (χ0v) is 13.7. The molecule has 3 N–H and O–H groups in total. The summed E-state index contributed by atoms with van der Waals surface area (Å²) >= 11 is 8.97. The van der Waals surface area contributed by atoms with Gasteiger partial charge in [-0.1, -0.05) is 24.4 Å². The lowest BCUT2D eigenvalue weighted by atomic mass is 10.2. The number of amides is 1. The van der Waals surface area contributed by atoms with Crippen LogP contribution in [0, 0.1) is 5.92 Å². The van der Waals surface area contributed by atoms with Crippen molar-refractivity contribution in [3.63, 3.8) is 0 Å². The Balaban J connectivity index is 2.18. The summed E-state index contributed by atoms with van der Waals surface area (Å²) in [6, 6.07) is 2.63. The maximum Gasteiger partial charge on any atom is 0.251 e. The summed E-state index contributed by atoms with van der Waals surface area (Å²) in [5, 5.41) is 7.97. The van der Waals surface area contributed by atoms with Gasteiger partial charge in [0.15, 0.2) is 0 Å². The van der Waals surface area contributed by atoms with Crippen LogP contribution in [0.25, 0.3) is 0 Å². The van der Waals surface area contributed by atoms with E-state index in [4.69, 9.17) is 16.7 Å². The van der Waals surface area contributed by atoms with Crippen LogP contribution in [-0.4, -0.2) is 20.9 Å². The molecule has 0 unspecified atom stereocenters. The molecule has 1 aromatic carbocycles. The molecule has 2 rings (SSSR count). The third kappa shape index (κ3) is 3.94. The first-order valence-electron chi connectivity index (χ1n) is 6.09. The van der Waals surface area contributed by atoms with Crippen LogP contribution in [-0.2, 0) is 10.0 Å². The fourth-order valence-electron chi connectivity index (χ4n) is 1.80. The van der Waals surface area contributed by atoms with E-state index in [1.54, 1.807) is 0 Å². The summed E-state index contributed by atoms with van der Waals surface area (Å²) in [6.07, 6.45) is 3.38. The second-order valence-corrected chi connectivity index (χ2v) is 7.53. The number of nitrogens with one attached hydrogen (secondary N) is 1. The number of benzene rings is 1. The zero-order valence-electron chi connectivity index (χ0n) is 10.5. The summed E-state index contributed by atoms with van der Waals surface area (Å²) in [7, 11) is -3.95. The number of rotatable bonds is 5. The quantitative estimate of drug-likeness (QED) is 0.820. The number of hydrogen-bond donors (Lipinski definition) is 2. The van der Waals surface area contributed by atoms with Crippen LogP contribution in [0.5, 0.6) is 0 Å². The molecule has 110 valence electrons. The summed E-state index contributed by atoms with van der Waals surface area (Å²) < 4.78 is 23.1. The molecule has 1 aromatic rings. The SMILES string of the molecule is NS(=O)(=O)c1cc(C(=O)NCCC2CC2)cc(Cl)c1Br. The molecule has 1 aliphatic rings. The van der Waals surface area contributed by atoms with Gasteiger partial charge in [0, 0.05) is 12.1 Å². The average Bonchev–Trinajstić information content (AvgIpc) is 3.14. The Hall–Kier alpha value is -0.630. The smallest absolute Gasteiger partial charge is 0.251 e. The Morgan fingerprint density at radius 3 is 2.65 bits per heavy atom. The van der Waals surface area contributed by atoms with Gasteiger partial charge in [-0.3, -0.25) is 4.79 Å². The molecular weight excluding hydrogens is 368 g/mol. The predicted octanol–water partition coefficient (Wildman–Crippen LogP) is 2.28. The van der Waals surface area contributed by atoms with Crippen molar-refractivity contribution in [2.24, 2.45) is 11.1 Å². The third-order valence-electron chi connectivity index (χ3n) is 3.10. The van der Waals surface area contributed by atoms with Crippen LogP contribution in [0.3, 0.4) is 0 Å². The number of primary sulfonamides is 1. The minimum Gasteiger partial charge on any atom is -0.352 e. The van der Waals surface area contributed by atoms with E-state index >= 15 is 0 Å². The van der Waals surface area contributed by atoms with Crippen molar-refractivity contribution in [2.75, 3.05) is 6.54 Å². The van der Waals surface area contributed by atoms with Gasteiger partial charge >= 0.3 is 0 Å². The van der Waals surface area contributed by atoms with Crippen molar-refractivity contribution in [2.45, 2.75) is 24.2 Å². The lowest BCUT2D eigenvalue weighted by Gasteiger charge is -2.09. The molecule has 1 saturated carbocycles. The highest BCUT2D eigenvalue weighted by Crippen LogP contribution is 2.32. The largest absolute Gasteiger partial charge is 0.352 e. The van der Waals surface area contributed by atoms with E-state index in [0.717, 1.165) is 6.42 Å². The summed E-state index contributed by atoms with van der Waals surface area (Å²) in [5.74, 6) is 0.355. The molecule has 5 nitrogen and oxygen atoms in total. The maximum absolute atomic E-state index is 12.0. The molecule has 0 radical (unpaired) electrons. The molecule has 20 heavy (non-hydrogen) atoms. The molecule has 0 aliphatic heterocycles. The fraction of sp³-hybridized carbons (Fsp3) is 0.417. The highest BCUT2D eigenvalue weighted by molar-refractivity contribution is 9.10. The van der Waals surface area contributed by atoms with Crippen molar-refractivity contribution in [1.29, 1.82) is 0 Å². The summed E-state index contributed by atoms with van der Waals surface area (Å²) in [5.41, 5.74) is 0.179. The number of nitrogens with two attached hydrogens (primary N) is 1. The van der Waals surface area contributed by atoms with E-state index in [9.17, 15) is 13.2 Å². The van der Waals surface area contributed by atoms with Gasteiger partial charge in [-0.2, -0.15) is 0 Å². The molecule has 0 heterocycles. The van der Waals surface area contributed by atoms with Crippen LogP contribution in [0.4, 0.5) is 0 Å². The van der Waals surface area contributed by atoms with E-state index in [-0.39, 0.29) is 25.9 Å². The lowest BCUT2D eigenvalue weighted by Crippen LogP contribution is -2.25. The number of carbonyl (C=O) groups excluding carboxylic acids is 1. The van der Waals surface area contributed by atoms with Crippen molar-refractivity contribution >= 4 is 43.5 Å². The lowest BCUT2D eigenvalue weighted by molar-refractivity contribution is 0.0952. The van der Waals surface area contributed by atoms with Gasteiger partial charge in [0.05, 0.1) is 14.4 Å². The van der Waals surface area contributed by atoms with Gasteiger partial charge in [0.1, 0.15) is 0 Å². The number of carbonyl (C=O) groups is 1. The third-order valence-corrected chi connectivity index (χ3v) is 5.68. The van der Waals surface area contributed by atoms with Crippen molar-refractivity contribution < 1.29 is 13.2 Å². The fourth-order valence-corrected chi connectivity index (χ4v) is 3.63. The second-order valence-electron chi connectivity index (χ2n) is 4.80. The van der Waals surface area contributed by atoms with Gasteiger partial charge < -0.3 is 5.32 Å². The first-order valence-corrected chi connectivity index (χ1v) is 8.81. The summed E-state index contributed by atoms with van der Waals surface area (Å²) in [6.45, 7) is 0.571. The highest BCUT2D eigenvalue weighted by atomic mass is 79.9. The normalized spacial score (nSPS) is 15.2. The standard InChI is InChI=1S/C12H14BrClN2O3S/c13-11-9(14)5-8(6-10(11)20(15,18)19)12(17)16-4-3-7-1-2-7/h5-7H,1-4H2,(H,16,17)(H2,15,18,19). The Bertz CT molecular complexity index is 644. The number of halogens is 2. The minimum absolute atomic E-state index is 0.129. The molecule has 0 bridgehead atoms. The van der Waals surface area contributed by atoms with Gasteiger partial charge in [-0.05, 0) is 40.4 Å².